The second-order valence-corrected chi connectivity index (χ2v) is 7.26. The number of ether oxygens (including phenoxy) is 2. The molecule has 0 unspecified atom stereocenters. The molecule has 7 heteroatoms. The molecule has 0 aromatic heterocycles. The Labute approximate surface area is 176 Å². The minimum atomic E-state index is -0.794. The molecule has 1 atom stereocenters. The molecule has 0 spiro atoms. The molecule has 30 heavy (non-hydrogen) atoms. The number of methoxy groups -OCH3 is 1. The molecule has 0 bridgehead atoms. The average Bonchev–Trinajstić information content (AvgIpc) is 2.75. The molecule has 2 aromatic rings. The zero-order valence-electron chi connectivity index (χ0n) is 17.5. The summed E-state index contributed by atoms with van der Waals surface area (Å²) in [6, 6.07) is 15.1. The van der Waals surface area contributed by atoms with Crippen molar-refractivity contribution >= 4 is 17.8 Å². The third-order valence-electron chi connectivity index (χ3n) is 4.36. The van der Waals surface area contributed by atoms with Crippen LogP contribution in [0.3, 0.4) is 0 Å². The van der Waals surface area contributed by atoms with Crippen LogP contribution < -0.4 is 15.4 Å². The third kappa shape index (κ3) is 7.58. The third-order valence-corrected chi connectivity index (χ3v) is 4.36. The number of alkyl carbamates (subject to hydrolysis) is 1. The van der Waals surface area contributed by atoms with Gasteiger partial charge < -0.3 is 20.1 Å². The van der Waals surface area contributed by atoms with Gasteiger partial charge in [0.25, 0.3) is 0 Å². The Balaban J connectivity index is 1.88. The van der Waals surface area contributed by atoms with Crippen LogP contribution in [-0.2, 0) is 16.1 Å². The first-order chi connectivity index (χ1) is 14.4. The van der Waals surface area contributed by atoms with Crippen LogP contribution in [0.4, 0.5) is 4.79 Å². The zero-order valence-corrected chi connectivity index (χ0v) is 17.5. The van der Waals surface area contributed by atoms with Crippen molar-refractivity contribution in [2.45, 2.75) is 32.9 Å². The van der Waals surface area contributed by atoms with Gasteiger partial charge in [-0.2, -0.15) is 0 Å². The highest BCUT2D eigenvalue weighted by molar-refractivity contribution is 6.00. The second-order valence-electron chi connectivity index (χ2n) is 7.26. The Kier molecular flexibility index (Phi) is 8.87. The molecular weight excluding hydrogens is 384 g/mol. The van der Waals surface area contributed by atoms with Crippen LogP contribution >= 0.6 is 0 Å². The Morgan fingerprint density at radius 1 is 0.967 bits per heavy atom. The van der Waals surface area contributed by atoms with E-state index in [2.05, 4.69) is 10.6 Å². The smallest absolute Gasteiger partial charge is 0.408 e. The molecule has 0 radical (unpaired) electrons. The quantitative estimate of drug-likeness (QED) is 0.584. The molecule has 0 saturated carbocycles. The molecule has 2 amide bonds. The minimum Gasteiger partial charge on any atom is -0.497 e. The van der Waals surface area contributed by atoms with Crippen molar-refractivity contribution in [3.05, 3.63) is 65.7 Å². The molecular formula is C23H28N2O5. The van der Waals surface area contributed by atoms with E-state index in [9.17, 15) is 14.4 Å². The fourth-order valence-electron chi connectivity index (χ4n) is 2.78. The van der Waals surface area contributed by atoms with Crippen LogP contribution in [0, 0.1) is 5.92 Å². The van der Waals surface area contributed by atoms with E-state index in [1.54, 1.807) is 31.4 Å². The lowest BCUT2D eigenvalue weighted by Gasteiger charge is -2.20. The van der Waals surface area contributed by atoms with Crippen LogP contribution in [0.1, 0.15) is 36.2 Å². The van der Waals surface area contributed by atoms with Gasteiger partial charge in [0, 0.05) is 5.56 Å². The first kappa shape index (κ1) is 22.9. The van der Waals surface area contributed by atoms with E-state index in [1.165, 1.54) is 0 Å². The number of nitrogens with one attached hydrogen (secondary N) is 2. The maximum Gasteiger partial charge on any atom is 0.408 e. The first-order valence-electron chi connectivity index (χ1n) is 9.81. The van der Waals surface area contributed by atoms with E-state index >= 15 is 0 Å². The molecule has 0 saturated heterocycles. The molecule has 7 nitrogen and oxygen atoms in total. The van der Waals surface area contributed by atoms with Gasteiger partial charge in [-0.05, 0) is 42.2 Å². The normalized spacial score (nSPS) is 11.5. The summed E-state index contributed by atoms with van der Waals surface area (Å²) in [7, 11) is 1.55. The number of rotatable bonds is 10. The number of hydrogen-bond acceptors (Lipinski definition) is 5. The van der Waals surface area contributed by atoms with Gasteiger partial charge in [-0.3, -0.25) is 9.59 Å². The van der Waals surface area contributed by atoms with E-state index in [-0.39, 0.29) is 24.9 Å². The predicted molar refractivity (Wildman–Crippen MR) is 113 cm³/mol. The maximum absolute atomic E-state index is 12.6. The fourth-order valence-corrected chi connectivity index (χ4v) is 2.78. The summed E-state index contributed by atoms with van der Waals surface area (Å²) in [4.78, 5) is 37.0. The Hall–Kier alpha value is -3.35. The SMILES string of the molecule is COc1ccc(C(=O)CNC(=O)[C@H](CC(C)C)NC(=O)OCc2ccccc2)cc1. The summed E-state index contributed by atoms with van der Waals surface area (Å²) in [6.07, 6.45) is -0.260. The van der Waals surface area contributed by atoms with Crippen LogP contribution in [-0.4, -0.2) is 37.5 Å². The minimum absolute atomic E-state index is 0.110. The van der Waals surface area contributed by atoms with Gasteiger partial charge in [-0.1, -0.05) is 44.2 Å². The van der Waals surface area contributed by atoms with Crippen molar-refractivity contribution in [3.8, 4) is 5.75 Å². The van der Waals surface area contributed by atoms with Crippen molar-refractivity contribution in [3.63, 3.8) is 0 Å². The fraction of sp³-hybridized carbons (Fsp3) is 0.348. The summed E-state index contributed by atoms with van der Waals surface area (Å²) < 4.78 is 10.3. The molecule has 2 aromatic carbocycles. The monoisotopic (exact) mass is 412 g/mol. The molecule has 2 N–H and O–H groups in total. The number of hydrogen-bond donors (Lipinski definition) is 2. The number of amides is 2. The second kappa shape index (κ2) is 11.6. The van der Waals surface area contributed by atoms with Crippen molar-refractivity contribution < 1.29 is 23.9 Å². The Bertz CT molecular complexity index is 834. The van der Waals surface area contributed by atoms with E-state index < -0.39 is 18.0 Å². The highest BCUT2D eigenvalue weighted by atomic mass is 16.5. The Morgan fingerprint density at radius 3 is 2.23 bits per heavy atom. The number of benzene rings is 2. The molecule has 2 rings (SSSR count). The zero-order chi connectivity index (χ0) is 21.9. The van der Waals surface area contributed by atoms with Crippen LogP contribution in [0.15, 0.2) is 54.6 Å². The van der Waals surface area contributed by atoms with E-state index in [4.69, 9.17) is 9.47 Å². The van der Waals surface area contributed by atoms with Crippen LogP contribution in [0.2, 0.25) is 0 Å². The van der Waals surface area contributed by atoms with E-state index in [1.807, 2.05) is 44.2 Å². The van der Waals surface area contributed by atoms with Gasteiger partial charge >= 0.3 is 6.09 Å². The van der Waals surface area contributed by atoms with Crippen LogP contribution in [0.5, 0.6) is 5.75 Å². The van der Waals surface area contributed by atoms with Crippen LogP contribution in [0.25, 0.3) is 0 Å². The predicted octanol–water partition coefficient (Wildman–Crippen LogP) is 3.34. The molecule has 0 aliphatic heterocycles. The molecule has 0 fully saturated rings. The van der Waals surface area contributed by atoms with E-state index in [0.29, 0.717) is 17.7 Å². The summed E-state index contributed by atoms with van der Waals surface area (Å²) in [5.74, 6) is 0.140. The molecule has 0 aliphatic carbocycles. The largest absolute Gasteiger partial charge is 0.497 e. The number of carbonyl (C=O) groups excluding carboxylic acids is 3. The maximum atomic E-state index is 12.6. The van der Waals surface area contributed by atoms with Crippen molar-refractivity contribution in [2.75, 3.05) is 13.7 Å². The number of ketones is 1. The van der Waals surface area contributed by atoms with Gasteiger partial charge in [0.1, 0.15) is 18.4 Å². The van der Waals surface area contributed by atoms with Gasteiger partial charge in [-0.15, -0.1) is 0 Å². The first-order valence-corrected chi connectivity index (χ1v) is 9.81. The summed E-state index contributed by atoms with van der Waals surface area (Å²) in [5.41, 5.74) is 1.31. The molecule has 160 valence electrons. The lowest BCUT2D eigenvalue weighted by atomic mass is 10.0. The summed E-state index contributed by atoms with van der Waals surface area (Å²) >= 11 is 0. The van der Waals surface area contributed by atoms with Crippen molar-refractivity contribution in [1.29, 1.82) is 0 Å². The standard InChI is InChI=1S/C23H28N2O5/c1-16(2)13-20(25-23(28)30-15-17-7-5-4-6-8-17)22(27)24-14-21(26)18-9-11-19(29-3)12-10-18/h4-12,16,20H,13-15H2,1-3H3,(H,24,27)(H,25,28)/t20-/m0/s1. The summed E-state index contributed by atoms with van der Waals surface area (Å²) in [5, 5.41) is 5.20. The lowest BCUT2D eigenvalue weighted by Crippen LogP contribution is -2.48. The van der Waals surface area contributed by atoms with E-state index in [0.717, 1.165) is 5.56 Å². The van der Waals surface area contributed by atoms with Gasteiger partial charge in [-0.25, -0.2) is 4.79 Å². The molecule has 0 aliphatic rings. The van der Waals surface area contributed by atoms with Gasteiger partial charge in [0.2, 0.25) is 5.91 Å². The molecule has 0 heterocycles. The van der Waals surface area contributed by atoms with Gasteiger partial charge in [0.15, 0.2) is 5.78 Å². The van der Waals surface area contributed by atoms with Crippen molar-refractivity contribution in [2.24, 2.45) is 5.92 Å². The number of Topliss-reactive ketones (excluding diaryl/α,β-unsaturated/α-hetero) is 1. The van der Waals surface area contributed by atoms with Gasteiger partial charge in [0.05, 0.1) is 13.7 Å². The highest BCUT2D eigenvalue weighted by Crippen LogP contribution is 2.12. The average molecular weight is 412 g/mol. The van der Waals surface area contributed by atoms with Crippen molar-refractivity contribution in [1.82, 2.24) is 10.6 Å². The topological polar surface area (TPSA) is 93.7 Å². The lowest BCUT2D eigenvalue weighted by molar-refractivity contribution is -0.123. The number of carbonyl (C=O) groups is 3. The Morgan fingerprint density at radius 2 is 1.63 bits per heavy atom. The summed E-state index contributed by atoms with van der Waals surface area (Å²) in [6.45, 7) is 3.83. The highest BCUT2D eigenvalue weighted by Gasteiger charge is 2.23.